The van der Waals surface area contributed by atoms with Gasteiger partial charge in [0.05, 0.1) is 6.10 Å². The lowest BCUT2D eigenvalue weighted by Gasteiger charge is -2.34. The van der Waals surface area contributed by atoms with Gasteiger partial charge in [0.2, 0.25) is 0 Å². The van der Waals surface area contributed by atoms with Crippen molar-refractivity contribution < 1.29 is 5.11 Å². The van der Waals surface area contributed by atoms with Crippen molar-refractivity contribution >= 4 is 0 Å². The first kappa shape index (κ1) is 16.9. The predicted octanol–water partition coefficient (Wildman–Crippen LogP) is 2.10. The van der Waals surface area contributed by atoms with Crippen molar-refractivity contribution in [2.75, 3.05) is 26.7 Å². The Balaban J connectivity index is 3.98. The van der Waals surface area contributed by atoms with Crippen LogP contribution >= 0.6 is 0 Å². The second kappa shape index (κ2) is 6.72. The lowest BCUT2D eigenvalue weighted by atomic mass is 9.91. The zero-order valence-corrected chi connectivity index (χ0v) is 12.8. The first-order valence-corrected chi connectivity index (χ1v) is 6.63. The first-order chi connectivity index (χ1) is 7.52. The summed E-state index contributed by atoms with van der Waals surface area (Å²) in [7, 11) is 2.13. The van der Waals surface area contributed by atoms with E-state index in [2.05, 4.69) is 51.9 Å². The van der Waals surface area contributed by atoms with Crippen LogP contribution in [0.25, 0.3) is 0 Å². The van der Waals surface area contributed by atoms with Crippen LogP contribution in [-0.2, 0) is 0 Å². The Bertz CT molecular complexity index is 207. The largest absolute Gasteiger partial charge is 0.393 e. The van der Waals surface area contributed by atoms with Crippen LogP contribution in [0.5, 0.6) is 0 Å². The Morgan fingerprint density at radius 3 is 2.12 bits per heavy atom. The standard InChI is InChI=1S/C14H32N2O/c1-12(17)8-9-16(7)11-14(5,6)10-15-13(2,3)4/h12,15,17H,8-11H2,1-7H3. The molecule has 0 aromatic rings. The van der Waals surface area contributed by atoms with Gasteiger partial charge in [-0.15, -0.1) is 0 Å². The topological polar surface area (TPSA) is 35.5 Å². The molecular formula is C14H32N2O. The number of hydrogen-bond donors (Lipinski definition) is 2. The zero-order valence-electron chi connectivity index (χ0n) is 12.8. The third kappa shape index (κ3) is 10.7. The monoisotopic (exact) mass is 244 g/mol. The zero-order chi connectivity index (χ0) is 13.7. The summed E-state index contributed by atoms with van der Waals surface area (Å²) in [5, 5.41) is 12.8. The average molecular weight is 244 g/mol. The Morgan fingerprint density at radius 1 is 1.18 bits per heavy atom. The molecule has 0 saturated carbocycles. The molecule has 0 aliphatic heterocycles. The Morgan fingerprint density at radius 2 is 1.71 bits per heavy atom. The minimum absolute atomic E-state index is 0.176. The fourth-order valence-electron chi connectivity index (χ4n) is 1.78. The molecule has 0 aliphatic carbocycles. The quantitative estimate of drug-likeness (QED) is 0.720. The van der Waals surface area contributed by atoms with Crippen molar-refractivity contribution in [3.63, 3.8) is 0 Å². The van der Waals surface area contributed by atoms with Gasteiger partial charge in [-0.3, -0.25) is 0 Å². The minimum Gasteiger partial charge on any atom is -0.393 e. The second-order valence-corrected chi connectivity index (χ2v) is 7.14. The molecule has 3 heteroatoms. The number of hydrogen-bond acceptors (Lipinski definition) is 3. The normalized spacial score (nSPS) is 15.4. The van der Waals surface area contributed by atoms with Crippen LogP contribution in [0.15, 0.2) is 0 Å². The number of nitrogens with zero attached hydrogens (tertiary/aromatic N) is 1. The molecule has 0 aliphatic rings. The number of aliphatic hydroxyl groups is 1. The fraction of sp³-hybridized carbons (Fsp3) is 1.00. The van der Waals surface area contributed by atoms with Crippen molar-refractivity contribution in [1.29, 1.82) is 0 Å². The molecule has 0 fully saturated rings. The van der Waals surface area contributed by atoms with E-state index >= 15 is 0 Å². The van der Waals surface area contributed by atoms with Crippen LogP contribution in [0, 0.1) is 5.41 Å². The van der Waals surface area contributed by atoms with Gasteiger partial charge in [0.15, 0.2) is 0 Å². The number of rotatable bonds is 7. The molecule has 0 heterocycles. The summed E-state index contributed by atoms with van der Waals surface area (Å²) in [5.74, 6) is 0. The number of nitrogens with one attached hydrogen (secondary N) is 1. The molecule has 104 valence electrons. The van der Waals surface area contributed by atoms with Crippen molar-refractivity contribution in [3.8, 4) is 0 Å². The smallest absolute Gasteiger partial charge is 0.0524 e. The summed E-state index contributed by atoms with van der Waals surface area (Å²) in [6.45, 7) is 16.0. The van der Waals surface area contributed by atoms with Crippen LogP contribution in [0.2, 0.25) is 0 Å². The van der Waals surface area contributed by atoms with Gasteiger partial charge in [-0.2, -0.15) is 0 Å². The van der Waals surface area contributed by atoms with E-state index in [1.807, 2.05) is 6.92 Å². The van der Waals surface area contributed by atoms with Gasteiger partial charge in [-0.1, -0.05) is 13.8 Å². The van der Waals surface area contributed by atoms with Crippen LogP contribution < -0.4 is 5.32 Å². The maximum atomic E-state index is 9.27. The summed E-state index contributed by atoms with van der Waals surface area (Å²) in [5.41, 5.74) is 0.427. The molecule has 1 atom stereocenters. The van der Waals surface area contributed by atoms with Crippen molar-refractivity contribution in [2.45, 2.75) is 59.6 Å². The van der Waals surface area contributed by atoms with Gasteiger partial charge in [0.25, 0.3) is 0 Å². The van der Waals surface area contributed by atoms with E-state index in [0.717, 1.165) is 26.1 Å². The highest BCUT2D eigenvalue weighted by atomic mass is 16.3. The maximum Gasteiger partial charge on any atom is 0.0524 e. The molecule has 0 amide bonds. The third-order valence-electron chi connectivity index (χ3n) is 2.72. The minimum atomic E-state index is -0.201. The van der Waals surface area contributed by atoms with Gasteiger partial charge >= 0.3 is 0 Å². The van der Waals surface area contributed by atoms with Gasteiger partial charge in [0, 0.05) is 25.2 Å². The highest BCUT2D eigenvalue weighted by Gasteiger charge is 2.22. The highest BCUT2D eigenvalue weighted by molar-refractivity contribution is 4.80. The van der Waals surface area contributed by atoms with Crippen molar-refractivity contribution in [1.82, 2.24) is 10.2 Å². The second-order valence-electron chi connectivity index (χ2n) is 7.14. The van der Waals surface area contributed by atoms with Gasteiger partial charge in [0.1, 0.15) is 0 Å². The number of aliphatic hydroxyl groups excluding tert-OH is 1. The van der Waals surface area contributed by atoms with E-state index in [1.165, 1.54) is 0 Å². The molecule has 17 heavy (non-hydrogen) atoms. The van der Waals surface area contributed by atoms with Crippen LogP contribution in [-0.4, -0.2) is 48.3 Å². The molecule has 0 bridgehead atoms. The molecule has 1 unspecified atom stereocenters. The molecule has 0 aromatic carbocycles. The first-order valence-electron chi connectivity index (χ1n) is 6.63. The van der Waals surface area contributed by atoms with E-state index in [9.17, 15) is 5.11 Å². The molecule has 0 rings (SSSR count). The van der Waals surface area contributed by atoms with Crippen LogP contribution in [0.3, 0.4) is 0 Å². The van der Waals surface area contributed by atoms with E-state index in [4.69, 9.17) is 0 Å². The summed E-state index contributed by atoms with van der Waals surface area (Å²) in [6, 6.07) is 0. The lowest BCUT2D eigenvalue weighted by Crippen LogP contribution is -2.45. The highest BCUT2D eigenvalue weighted by Crippen LogP contribution is 2.17. The van der Waals surface area contributed by atoms with Crippen molar-refractivity contribution in [2.24, 2.45) is 5.41 Å². The fourth-order valence-corrected chi connectivity index (χ4v) is 1.78. The summed E-state index contributed by atoms with van der Waals surface area (Å²) in [6.07, 6.45) is 0.646. The van der Waals surface area contributed by atoms with E-state index in [1.54, 1.807) is 0 Å². The molecule has 0 spiro atoms. The Labute approximate surface area is 108 Å². The predicted molar refractivity (Wildman–Crippen MR) is 75.3 cm³/mol. The average Bonchev–Trinajstić information content (AvgIpc) is 2.10. The molecule has 0 saturated heterocycles. The van der Waals surface area contributed by atoms with Gasteiger partial charge in [-0.25, -0.2) is 0 Å². The molecular weight excluding hydrogens is 212 g/mol. The Hall–Kier alpha value is -0.120. The molecule has 0 aromatic heterocycles. The summed E-state index contributed by atoms with van der Waals surface area (Å²) < 4.78 is 0. The summed E-state index contributed by atoms with van der Waals surface area (Å²) in [4.78, 5) is 2.30. The molecule has 0 radical (unpaired) electrons. The SMILES string of the molecule is CC(O)CCN(C)CC(C)(C)CNC(C)(C)C. The molecule has 2 N–H and O–H groups in total. The van der Waals surface area contributed by atoms with E-state index in [-0.39, 0.29) is 17.1 Å². The Kier molecular flexibility index (Phi) is 6.67. The van der Waals surface area contributed by atoms with E-state index in [0.29, 0.717) is 0 Å². The third-order valence-corrected chi connectivity index (χ3v) is 2.72. The van der Waals surface area contributed by atoms with Crippen molar-refractivity contribution in [3.05, 3.63) is 0 Å². The van der Waals surface area contributed by atoms with E-state index < -0.39 is 0 Å². The maximum absolute atomic E-state index is 9.27. The summed E-state index contributed by atoms with van der Waals surface area (Å²) >= 11 is 0. The van der Waals surface area contributed by atoms with Gasteiger partial charge < -0.3 is 15.3 Å². The van der Waals surface area contributed by atoms with Crippen LogP contribution in [0.4, 0.5) is 0 Å². The lowest BCUT2D eigenvalue weighted by molar-refractivity contribution is 0.142. The molecule has 3 nitrogen and oxygen atoms in total. The van der Waals surface area contributed by atoms with Gasteiger partial charge in [-0.05, 0) is 46.6 Å². The van der Waals surface area contributed by atoms with Crippen LogP contribution in [0.1, 0.15) is 48.0 Å².